The molecule has 0 aliphatic heterocycles. The zero-order valence-corrected chi connectivity index (χ0v) is 11.0. The average molecular weight is 244 g/mol. The summed E-state index contributed by atoms with van der Waals surface area (Å²) in [4.78, 5) is 21.9. The molecule has 0 rings (SSSR count). The van der Waals surface area contributed by atoms with E-state index < -0.39 is 18.0 Å². The van der Waals surface area contributed by atoms with E-state index in [1.165, 1.54) is 6.92 Å². The summed E-state index contributed by atoms with van der Waals surface area (Å²) in [6.45, 7) is 6.28. The third-order valence-electron chi connectivity index (χ3n) is 2.81. The molecule has 0 saturated carbocycles. The van der Waals surface area contributed by atoms with Crippen LogP contribution in [0, 0.1) is 5.92 Å². The molecule has 100 valence electrons. The summed E-state index contributed by atoms with van der Waals surface area (Å²) < 4.78 is 0. The Kier molecular flexibility index (Phi) is 8.19. The number of carboxylic acid groups (broad SMARTS) is 1. The molecule has 5 nitrogen and oxygen atoms in total. The van der Waals surface area contributed by atoms with Crippen LogP contribution < -0.4 is 10.6 Å². The van der Waals surface area contributed by atoms with Crippen molar-refractivity contribution in [1.82, 2.24) is 10.6 Å². The van der Waals surface area contributed by atoms with Crippen LogP contribution in [0.15, 0.2) is 0 Å². The van der Waals surface area contributed by atoms with E-state index in [1.807, 2.05) is 0 Å². The number of hydrogen-bond donors (Lipinski definition) is 3. The van der Waals surface area contributed by atoms with E-state index in [2.05, 4.69) is 24.5 Å². The second kappa shape index (κ2) is 8.84. The fraction of sp³-hybridized carbons (Fsp3) is 0.833. The highest BCUT2D eigenvalue weighted by Gasteiger charge is 2.14. The van der Waals surface area contributed by atoms with Crippen molar-refractivity contribution < 1.29 is 14.7 Å². The van der Waals surface area contributed by atoms with Crippen molar-refractivity contribution in [3.05, 3.63) is 0 Å². The summed E-state index contributed by atoms with van der Waals surface area (Å²) in [6.07, 6.45) is 4.43. The minimum absolute atomic E-state index is 0.408. The van der Waals surface area contributed by atoms with Gasteiger partial charge in [0.1, 0.15) is 6.04 Å². The summed E-state index contributed by atoms with van der Waals surface area (Å²) in [5.74, 6) is -0.556. The Morgan fingerprint density at radius 3 is 2.41 bits per heavy atom. The first-order valence-corrected chi connectivity index (χ1v) is 6.28. The van der Waals surface area contributed by atoms with Crippen LogP contribution in [-0.2, 0) is 4.79 Å². The molecule has 0 fully saturated rings. The quantitative estimate of drug-likeness (QED) is 0.611. The third kappa shape index (κ3) is 7.60. The van der Waals surface area contributed by atoms with Gasteiger partial charge in [-0.1, -0.05) is 33.1 Å². The zero-order valence-electron chi connectivity index (χ0n) is 11.0. The van der Waals surface area contributed by atoms with Gasteiger partial charge in [-0.15, -0.1) is 0 Å². The molecule has 0 saturated heterocycles. The second-order valence-electron chi connectivity index (χ2n) is 4.33. The van der Waals surface area contributed by atoms with Gasteiger partial charge in [-0.2, -0.15) is 0 Å². The number of unbranched alkanes of at least 4 members (excludes halogenated alkanes) is 1. The summed E-state index contributed by atoms with van der Waals surface area (Å²) in [6, 6.07) is -1.26. The Hall–Kier alpha value is -1.26. The van der Waals surface area contributed by atoms with Crippen LogP contribution in [0.4, 0.5) is 4.79 Å². The van der Waals surface area contributed by atoms with Crippen molar-refractivity contribution in [3.63, 3.8) is 0 Å². The van der Waals surface area contributed by atoms with Crippen LogP contribution >= 0.6 is 0 Å². The molecular weight excluding hydrogens is 220 g/mol. The lowest BCUT2D eigenvalue weighted by molar-refractivity contribution is -0.138. The molecule has 0 radical (unpaired) electrons. The topological polar surface area (TPSA) is 78.4 Å². The lowest BCUT2D eigenvalue weighted by Crippen LogP contribution is -2.45. The van der Waals surface area contributed by atoms with Crippen molar-refractivity contribution in [2.75, 3.05) is 6.54 Å². The van der Waals surface area contributed by atoms with Crippen molar-refractivity contribution in [2.24, 2.45) is 5.92 Å². The largest absolute Gasteiger partial charge is 0.480 e. The number of aliphatic carboxylic acids is 1. The predicted octanol–water partition coefficient (Wildman–Crippen LogP) is 1.98. The van der Waals surface area contributed by atoms with E-state index in [9.17, 15) is 9.59 Å². The first-order valence-electron chi connectivity index (χ1n) is 6.28. The number of amides is 2. The number of nitrogens with one attached hydrogen (secondary N) is 2. The van der Waals surface area contributed by atoms with Gasteiger partial charge in [0.25, 0.3) is 0 Å². The molecule has 0 aromatic carbocycles. The molecule has 0 spiro atoms. The van der Waals surface area contributed by atoms with Gasteiger partial charge in [-0.25, -0.2) is 4.79 Å². The van der Waals surface area contributed by atoms with Crippen molar-refractivity contribution >= 4 is 12.0 Å². The number of urea groups is 1. The smallest absolute Gasteiger partial charge is 0.325 e. The van der Waals surface area contributed by atoms with Crippen molar-refractivity contribution in [2.45, 2.75) is 52.5 Å². The van der Waals surface area contributed by atoms with E-state index >= 15 is 0 Å². The summed E-state index contributed by atoms with van der Waals surface area (Å²) in [5, 5.41) is 13.7. The van der Waals surface area contributed by atoms with Crippen LogP contribution in [0.2, 0.25) is 0 Å². The Balaban J connectivity index is 3.84. The maximum Gasteiger partial charge on any atom is 0.325 e. The molecule has 0 bridgehead atoms. The van der Waals surface area contributed by atoms with Crippen LogP contribution in [-0.4, -0.2) is 29.7 Å². The minimum Gasteiger partial charge on any atom is -0.480 e. The molecule has 5 heteroatoms. The number of carboxylic acids is 1. The minimum atomic E-state index is -1.03. The van der Waals surface area contributed by atoms with Gasteiger partial charge in [-0.05, 0) is 19.3 Å². The Labute approximate surface area is 103 Å². The normalized spacial score (nSPS) is 13.8. The Bertz CT molecular complexity index is 244. The van der Waals surface area contributed by atoms with E-state index in [0.29, 0.717) is 12.5 Å². The summed E-state index contributed by atoms with van der Waals surface area (Å²) in [7, 11) is 0. The Morgan fingerprint density at radius 2 is 1.94 bits per heavy atom. The number of hydrogen-bond acceptors (Lipinski definition) is 2. The van der Waals surface area contributed by atoms with Crippen LogP contribution in [0.3, 0.4) is 0 Å². The first kappa shape index (κ1) is 15.7. The summed E-state index contributed by atoms with van der Waals surface area (Å²) in [5.41, 5.74) is 0. The van der Waals surface area contributed by atoms with E-state index in [0.717, 1.165) is 25.7 Å². The highest BCUT2D eigenvalue weighted by Crippen LogP contribution is 2.10. The fourth-order valence-electron chi connectivity index (χ4n) is 1.49. The van der Waals surface area contributed by atoms with Gasteiger partial charge in [0.2, 0.25) is 0 Å². The molecule has 0 aromatic rings. The zero-order chi connectivity index (χ0) is 13.3. The van der Waals surface area contributed by atoms with Gasteiger partial charge in [0.05, 0.1) is 0 Å². The monoisotopic (exact) mass is 244 g/mol. The van der Waals surface area contributed by atoms with Gasteiger partial charge in [0, 0.05) is 6.54 Å². The maximum absolute atomic E-state index is 11.4. The molecule has 3 N–H and O–H groups in total. The molecule has 0 aliphatic rings. The van der Waals surface area contributed by atoms with E-state index in [-0.39, 0.29) is 0 Å². The highest BCUT2D eigenvalue weighted by molar-refractivity contribution is 5.82. The highest BCUT2D eigenvalue weighted by atomic mass is 16.4. The molecule has 0 heterocycles. The van der Waals surface area contributed by atoms with E-state index in [1.54, 1.807) is 0 Å². The van der Waals surface area contributed by atoms with Crippen LogP contribution in [0.1, 0.15) is 46.5 Å². The molecular formula is C12H24N2O3. The standard InChI is InChI=1S/C12H24N2O3/c1-4-6-7-10(5-2)8-13-12(17)14-9(3)11(15)16/h9-10H,4-8H2,1-3H3,(H,15,16)(H2,13,14,17). The fourth-order valence-corrected chi connectivity index (χ4v) is 1.49. The molecule has 0 aliphatic carbocycles. The molecule has 0 aromatic heterocycles. The predicted molar refractivity (Wildman–Crippen MR) is 66.9 cm³/mol. The Morgan fingerprint density at radius 1 is 1.29 bits per heavy atom. The maximum atomic E-state index is 11.4. The van der Waals surface area contributed by atoms with E-state index in [4.69, 9.17) is 5.11 Å². The molecule has 2 amide bonds. The first-order chi connectivity index (χ1) is 8.01. The molecule has 2 unspecified atom stereocenters. The lowest BCUT2D eigenvalue weighted by atomic mass is 9.99. The van der Waals surface area contributed by atoms with Crippen LogP contribution in [0.25, 0.3) is 0 Å². The number of rotatable bonds is 8. The molecule has 17 heavy (non-hydrogen) atoms. The second-order valence-corrected chi connectivity index (χ2v) is 4.33. The number of carbonyl (C=O) groups excluding carboxylic acids is 1. The van der Waals surface area contributed by atoms with Crippen molar-refractivity contribution in [3.8, 4) is 0 Å². The molecule has 2 atom stereocenters. The van der Waals surface area contributed by atoms with Gasteiger partial charge >= 0.3 is 12.0 Å². The lowest BCUT2D eigenvalue weighted by Gasteiger charge is -2.16. The number of carbonyl (C=O) groups is 2. The average Bonchev–Trinajstić information content (AvgIpc) is 2.29. The van der Waals surface area contributed by atoms with Gasteiger partial charge in [0.15, 0.2) is 0 Å². The van der Waals surface area contributed by atoms with Crippen LogP contribution in [0.5, 0.6) is 0 Å². The van der Waals surface area contributed by atoms with Gasteiger partial charge < -0.3 is 15.7 Å². The third-order valence-corrected chi connectivity index (χ3v) is 2.81. The SMILES string of the molecule is CCCCC(CC)CNC(=O)NC(C)C(=O)O. The van der Waals surface area contributed by atoms with Gasteiger partial charge in [-0.3, -0.25) is 4.79 Å². The van der Waals surface area contributed by atoms with Crippen molar-refractivity contribution in [1.29, 1.82) is 0 Å². The summed E-state index contributed by atoms with van der Waals surface area (Å²) >= 11 is 0.